The molecule has 7 nitrogen and oxygen atoms in total. The summed E-state index contributed by atoms with van der Waals surface area (Å²) in [5.41, 5.74) is 0.448. The van der Waals surface area contributed by atoms with Crippen LogP contribution in [0.5, 0.6) is 0 Å². The lowest BCUT2D eigenvalue weighted by atomic mass is 10.2. The number of oxazole rings is 1. The number of hydrogen-bond donors (Lipinski definition) is 2. The van der Waals surface area contributed by atoms with Crippen LogP contribution in [0.1, 0.15) is 24.8 Å². The molecule has 23 heavy (non-hydrogen) atoms. The number of carbonyl (C=O) groups excluding carboxylic acids is 1. The quantitative estimate of drug-likeness (QED) is 0.759. The second kappa shape index (κ2) is 7.44. The summed E-state index contributed by atoms with van der Waals surface area (Å²) in [7, 11) is 0. The smallest absolute Gasteiger partial charge is 0.326 e. The van der Waals surface area contributed by atoms with E-state index in [2.05, 4.69) is 10.3 Å². The monoisotopic (exact) mass is 318 g/mol. The molecule has 1 atom stereocenters. The lowest BCUT2D eigenvalue weighted by Crippen LogP contribution is -2.41. The zero-order valence-corrected chi connectivity index (χ0v) is 12.9. The highest BCUT2D eigenvalue weighted by Gasteiger charge is 2.21. The molecular weight excluding hydrogens is 300 g/mol. The van der Waals surface area contributed by atoms with Crippen molar-refractivity contribution in [1.82, 2.24) is 10.3 Å². The molecule has 0 spiro atoms. The van der Waals surface area contributed by atoms with E-state index in [1.807, 2.05) is 0 Å². The van der Waals surface area contributed by atoms with Crippen molar-refractivity contribution in [2.24, 2.45) is 0 Å². The molecule has 122 valence electrons. The second-order valence-electron chi connectivity index (χ2n) is 4.94. The summed E-state index contributed by atoms with van der Waals surface area (Å²) < 4.78 is 10.7. The van der Waals surface area contributed by atoms with Crippen LogP contribution in [0, 0.1) is 6.92 Å². The van der Waals surface area contributed by atoms with Crippen LogP contribution in [-0.4, -0.2) is 28.0 Å². The number of carboxylic acid groups (broad SMARTS) is 1. The summed E-state index contributed by atoms with van der Waals surface area (Å²) in [5.74, 6) is -0.254. The van der Waals surface area contributed by atoms with Crippen LogP contribution in [0.3, 0.4) is 0 Å². The third-order valence-corrected chi connectivity index (χ3v) is 3.19. The predicted molar refractivity (Wildman–Crippen MR) is 81.6 cm³/mol. The maximum absolute atomic E-state index is 12.0. The number of allylic oxidation sites excluding steroid dienone is 1. The van der Waals surface area contributed by atoms with E-state index in [9.17, 15) is 9.59 Å². The molecule has 0 fully saturated rings. The number of carboxylic acids is 1. The third-order valence-electron chi connectivity index (χ3n) is 3.19. The maximum Gasteiger partial charge on any atom is 0.326 e. The summed E-state index contributed by atoms with van der Waals surface area (Å²) in [6.07, 6.45) is 5.09. The van der Waals surface area contributed by atoms with Gasteiger partial charge in [-0.3, -0.25) is 4.79 Å². The number of aliphatic carboxylic acids is 1. The Hall–Kier alpha value is -2.83. The summed E-state index contributed by atoms with van der Waals surface area (Å²) in [6.45, 7) is 3.48. The maximum atomic E-state index is 12.0. The van der Waals surface area contributed by atoms with E-state index in [4.69, 9.17) is 13.9 Å². The number of aryl methyl sites for hydroxylation is 1. The molecule has 2 aromatic rings. The first kappa shape index (κ1) is 16.5. The molecule has 2 aromatic heterocycles. The molecule has 0 aromatic carbocycles. The first-order valence-electron chi connectivity index (χ1n) is 7.14. The fourth-order valence-electron chi connectivity index (χ4n) is 1.99. The van der Waals surface area contributed by atoms with Gasteiger partial charge in [-0.25, -0.2) is 9.78 Å². The minimum atomic E-state index is -1.08. The standard InChI is InChI=1S/C16H18N2O5/c1-3-4-6-11(16(20)21)17-14(19)9-12-10(2)23-15(18-12)13-7-5-8-22-13/h3-5,7-8,11H,6,9H2,1-2H3,(H,17,19)(H,20,21)/b4-3+. The zero-order valence-electron chi connectivity index (χ0n) is 12.9. The van der Waals surface area contributed by atoms with Crippen molar-refractivity contribution < 1.29 is 23.5 Å². The van der Waals surface area contributed by atoms with Gasteiger partial charge in [0.15, 0.2) is 5.76 Å². The topological polar surface area (TPSA) is 106 Å². The van der Waals surface area contributed by atoms with Crippen LogP contribution >= 0.6 is 0 Å². The predicted octanol–water partition coefficient (Wildman–Crippen LogP) is 2.32. The van der Waals surface area contributed by atoms with Crippen LogP contribution in [0.4, 0.5) is 0 Å². The number of rotatable bonds is 7. The Kier molecular flexibility index (Phi) is 5.35. The van der Waals surface area contributed by atoms with E-state index < -0.39 is 17.9 Å². The molecule has 0 aliphatic carbocycles. The summed E-state index contributed by atoms with van der Waals surface area (Å²) in [4.78, 5) is 27.4. The molecule has 0 aliphatic rings. The number of amides is 1. The SMILES string of the molecule is C/C=C/CC(NC(=O)Cc1nc(-c2ccco2)oc1C)C(=O)O. The average molecular weight is 318 g/mol. The molecule has 2 heterocycles. The Morgan fingerprint density at radius 3 is 2.87 bits per heavy atom. The van der Waals surface area contributed by atoms with E-state index >= 15 is 0 Å². The summed E-state index contributed by atoms with van der Waals surface area (Å²) in [5, 5.41) is 11.6. The van der Waals surface area contributed by atoms with Crippen LogP contribution in [0.15, 0.2) is 39.4 Å². The van der Waals surface area contributed by atoms with Crippen LogP contribution in [0.25, 0.3) is 11.7 Å². The molecule has 7 heteroatoms. The van der Waals surface area contributed by atoms with Gasteiger partial charge in [-0.15, -0.1) is 0 Å². The number of aromatic nitrogens is 1. The normalized spacial score (nSPS) is 12.4. The number of nitrogens with one attached hydrogen (secondary N) is 1. The highest BCUT2D eigenvalue weighted by atomic mass is 16.4. The van der Waals surface area contributed by atoms with Crippen molar-refractivity contribution in [3.8, 4) is 11.7 Å². The number of carbonyl (C=O) groups is 2. The van der Waals surface area contributed by atoms with Gasteiger partial charge in [-0.1, -0.05) is 12.2 Å². The van der Waals surface area contributed by atoms with Crippen LogP contribution in [-0.2, 0) is 16.0 Å². The molecule has 1 amide bonds. The van der Waals surface area contributed by atoms with Crippen molar-refractivity contribution in [2.45, 2.75) is 32.7 Å². The van der Waals surface area contributed by atoms with E-state index in [1.54, 1.807) is 38.1 Å². The molecule has 0 radical (unpaired) electrons. The van der Waals surface area contributed by atoms with Gasteiger partial charge in [-0.2, -0.15) is 0 Å². The fourth-order valence-corrected chi connectivity index (χ4v) is 1.99. The van der Waals surface area contributed by atoms with Gasteiger partial charge < -0.3 is 19.3 Å². The van der Waals surface area contributed by atoms with E-state index in [0.29, 0.717) is 23.1 Å². The van der Waals surface area contributed by atoms with Gasteiger partial charge in [-0.05, 0) is 32.4 Å². The fraction of sp³-hybridized carbons (Fsp3) is 0.312. The third kappa shape index (κ3) is 4.32. The average Bonchev–Trinajstić information content (AvgIpc) is 3.13. The number of furan rings is 1. The van der Waals surface area contributed by atoms with E-state index in [-0.39, 0.29) is 12.8 Å². The highest BCUT2D eigenvalue weighted by molar-refractivity contribution is 5.84. The summed E-state index contributed by atoms with van der Waals surface area (Å²) >= 11 is 0. The molecule has 0 saturated carbocycles. The summed E-state index contributed by atoms with van der Waals surface area (Å²) in [6, 6.07) is 2.45. The van der Waals surface area contributed by atoms with E-state index in [1.165, 1.54) is 6.26 Å². The highest BCUT2D eigenvalue weighted by Crippen LogP contribution is 2.22. The first-order valence-corrected chi connectivity index (χ1v) is 7.14. The minimum Gasteiger partial charge on any atom is -0.480 e. The largest absolute Gasteiger partial charge is 0.480 e. The van der Waals surface area contributed by atoms with Gasteiger partial charge in [0, 0.05) is 0 Å². The molecular formula is C16H18N2O5. The van der Waals surface area contributed by atoms with E-state index in [0.717, 1.165) is 0 Å². The molecule has 2 N–H and O–H groups in total. The Balaban J connectivity index is 2.03. The van der Waals surface area contributed by atoms with Gasteiger partial charge in [0.1, 0.15) is 11.8 Å². The van der Waals surface area contributed by atoms with Crippen LogP contribution in [0.2, 0.25) is 0 Å². The molecule has 2 rings (SSSR count). The second-order valence-corrected chi connectivity index (χ2v) is 4.94. The van der Waals surface area contributed by atoms with Crippen molar-refractivity contribution in [1.29, 1.82) is 0 Å². The van der Waals surface area contributed by atoms with Crippen molar-refractivity contribution in [3.05, 3.63) is 42.0 Å². The molecule has 0 bridgehead atoms. The van der Waals surface area contributed by atoms with Gasteiger partial charge in [0.05, 0.1) is 18.4 Å². The Morgan fingerprint density at radius 1 is 1.48 bits per heavy atom. The van der Waals surface area contributed by atoms with Crippen molar-refractivity contribution in [2.75, 3.05) is 0 Å². The Labute approximate surface area is 133 Å². The Bertz CT molecular complexity index is 700. The van der Waals surface area contributed by atoms with Gasteiger partial charge in [0.25, 0.3) is 5.89 Å². The first-order chi connectivity index (χ1) is 11.0. The molecule has 0 aliphatic heterocycles. The molecule has 0 saturated heterocycles. The van der Waals surface area contributed by atoms with Gasteiger partial charge >= 0.3 is 5.97 Å². The number of hydrogen-bond acceptors (Lipinski definition) is 5. The van der Waals surface area contributed by atoms with Gasteiger partial charge in [0.2, 0.25) is 5.91 Å². The Morgan fingerprint density at radius 2 is 2.26 bits per heavy atom. The zero-order chi connectivity index (χ0) is 16.8. The number of nitrogens with zero attached hydrogens (tertiary/aromatic N) is 1. The van der Waals surface area contributed by atoms with Crippen molar-refractivity contribution in [3.63, 3.8) is 0 Å². The minimum absolute atomic E-state index is 0.0599. The van der Waals surface area contributed by atoms with Crippen molar-refractivity contribution >= 4 is 11.9 Å². The molecule has 1 unspecified atom stereocenters. The lowest BCUT2D eigenvalue weighted by molar-refractivity contribution is -0.141. The lowest BCUT2D eigenvalue weighted by Gasteiger charge is -2.12. The van der Waals surface area contributed by atoms with Crippen LogP contribution < -0.4 is 5.32 Å².